The Morgan fingerprint density at radius 1 is 1.24 bits per heavy atom. The molecule has 136 valence electrons. The largest absolute Gasteiger partial charge is 0.494 e. The van der Waals surface area contributed by atoms with Crippen molar-refractivity contribution in [1.29, 1.82) is 0 Å². The van der Waals surface area contributed by atoms with Crippen LogP contribution in [0.15, 0.2) is 29.3 Å². The molecule has 1 heterocycles. The van der Waals surface area contributed by atoms with Gasteiger partial charge < -0.3 is 15.4 Å². The van der Waals surface area contributed by atoms with E-state index in [4.69, 9.17) is 4.74 Å². The molecule has 0 saturated carbocycles. The number of aliphatic imine (C=N–C) groups is 1. The first kappa shape index (κ1) is 19.2. The van der Waals surface area contributed by atoms with Crippen molar-refractivity contribution >= 4 is 17.3 Å². The van der Waals surface area contributed by atoms with Crippen molar-refractivity contribution in [3.8, 4) is 5.75 Å². The molecule has 25 heavy (non-hydrogen) atoms. The highest BCUT2D eigenvalue weighted by Crippen LogP contribution is 2.16. The Morgan fingerprint density at radius 3 is 2.64 bits per heavy atom. The molecule has 0 atom stereocenters. The van der Waals surface area contributed by atoms with Crippen LogP contribution in [-0.4, -0.2) is 30.6 Å². The van der Waals surface area contributed by atoms with Crippen LogP contribution >= 0.6 is 11.3 Å². The molecule has 2 N–H and O–H groups in total. The van der Waals surface area contributed by atoms with E-state index in [0.717, 1.165) is 36.2 Å². The maximum Gasteiger partial charge on any atom is 0.191 e. The summed E-state index contributed by atoms with van der Waals surface area (Å²) in [7, 11) is 0. The summed E-state index contributed by atoms with van der Waals surface area (Å²) < 4.78 is 18.4. The number of nitrogens with one attached hydrogen (secondary N) is 2. The maximum atomic E-state index is 12.8. The molecule has 2 aromatic rings. The van der Waals surface area contributed by atoms with E-state index < -0.39 is 0 Å². The number of aromatic nitrogens is 1. The Bertz CT molecular complexity index is 665. The Balaban J connectivity index is 1.73. The van der Waals surface area contributed by atoms with Gasteiger partial charge >= 0.3 is 0 Å². The Labute approximate surface area is 152 Å². The lowest BCUT2D eigenvalue weighted by atomic mass is 10.3. The van der Waals surface area contributed by atoms with Crippen LogP contribution in [0.5, 0.6) is 5.75 Å². The zero-order chi connectivity index (χ0) is 18.1. The van der Waals surface area contributed by atoms with Crippen molar-refractivity contribution in [2.45, 2.75) is 33.7 Å². The first-order valence-electron chi connectivity index (χ1n) is 8.42. The van der Waals surface area contributed by atoms with Crippen LogP contribution in [-0.2, 0) is 6.54 Å². The van der Waals surface area contributed by atoms with E-state index in [1.54, 1.807) is 23.5 Å². The SMILES string of the molecule is CCNC(=NCc1nc(C)c(C)s1)NCCCOc1ccc(F)cc1. The second-order valence-electron chi connectivity index (χ2n) is 5.53. The predicted molar refractivity (Wildman–Crippen MR) is 101 cm³/mol. The summed E-state index contributed by atoms with van der Waals surface area (Å²) in [5, 5.41) is 7.53. The van der Waals surface area contributed by atoms with Gasteiger partial charge in [-0.1, -0.05) is 0 Å². The molecule has 7 heteroatoms. The number of nitrogens with zero attached hydrogens (tertiary/aromatic N) is 2. The van der Waals surface area contributed by atoms with Crippen molar-refractivity contribution in [2.24, 2.45) is 4.99 Å². The van der Waals surface area contributed by atoms with Gasteiger partial charge in [0.15, 0.2) is 5.96 Å². The second-order valence-corrected chi connectivity index (χ2v) is 6.81. The summed E-state index contributed by atoms with van der Waals surface area (Å²) in [6, 6.07) is 6.05. The fraction of sp³-hybridized carbons (Fsp3) is 0.444. The van der Waals surface area contributed by atoms with Gasteiger partial charge in [0.2, 0.25) is 0 Å². The molecular formula is C18H25FN4OS. The first-order valence-corrected chi connectivity index (χ1v) is 9.23. The summed E-state index contributed by atoms with van der Waals surface area (Å²) in [5.74, 6) is 1.19. The van der Waals surface area contributed by atoms with Crippen LogP contribution in [0.1, 0.15) is 28.9 Å². The van der Waals surface area contributed by atoms with Crippen molar-refractivity contribution < 1.29 is 9.13 Å². The quantitative estimate of drug-likeness (QED) is 0.428. The van der Waals surface area contributed by atoms with Gasteiger partial charge in [-0.3, -0.25) is 0 Å². The zero-order valence-electron chi connectivity index (χ0n) is 14.9. The molecule has 2 rings (SSSR count). The Kier molecular flexibility index (Phi) is 7.66. The van der Waals surface area contributed by atoms with Crippen LogP contribution in [0.25, 0.3) is 0 Å². The lowest BCUT2D eigenvalue weighted by Crippen LogP contribution is -2.38. The third kappa shape index (κ3) is 6.70. The summed E-state index contributed by atoms with van der Waals surface area (Å²) in [6.45, 7) is 8.79. The molecule has 0 unspecified atom stereocenters. The van der Waals surface area contributed by atoms with Crippen molar-refractivity contribution in [3.05, 3.63) is 45.7 Å². The van der Waals surface area contributed by atoms with Crippen molar-refractivity contribution in [2.75, 3.05) is 19.7 Å². The zero-order valence-corrected chi connectivity index (χ0v) is 15.8. The minimum Gasteiger partial charge on any atom is -0.494 e. The number of halogens is 1. The second kappa shape index (κ2) is 9.98. The molecule has 0 spiro atoms. The fourth-order valence-electron chi connectivity index (χ4n) is 2.10. The van der Waals surface area contributed by atoms with Gasteiger partial charge in [0.25, 0.3) is 0 Å². The molecule has 0 aliphatic rings. The van der Waals surface area contributed by atoms with E-state index >= 15 is 0 Å². The average molecular weight is 364 g/mol. The number of hydrogen-bond acceptors (Lipinski definition) is 4. The number of hydrogen-bond donors (Lipinski definition) is 2. The highest BCUT2D eigenvalue weighted by atomic mass is 32.1. The molecule has 0 radical (unpaired) electrons. The maximum absolute atomic E-state index is 12.8. The molecule has 0 bridgehead atoms. The van der Waals surface area contributed by atoms with Gasteiger partial charge in [0.1, 0.15) is 16.6 Å². The molecule has 5 nitrogen and oxygen atoms in total. The Hall–Kier alpha value is -2.15. The molecule has 1 aromatic heterocycles. The lowest BCUT2D eigenvalue weighted by Gasteiger charge is -2.11. The topological polar surface area (TPSA) is 58.5 Å². The monoisotopic (exact) mass is 364 g/mol. The summed E-state index contributed by atoms with van der Waals surface area (Å²) >= 11 is 1.68. The predicted octanol–water partition coefficient (Wildman–Crippen LogP) is 3.42. The molecule has 1 aromatic carbocycles. The third-order valence-electron chi connectivity index (χ3n) is 3.49. The Morgan fingerprint density at radius 2 is 2.00 bits per heavy atom. The standard InChI is InChI=1S/C18H25FN4OS/c1-4-20-18(22-12-17-23-13(2)14(3)25-17)21-10-5-11-24-16-8-6-15(19)7-9-16/h6-9H,4-5,10-12H2,1-3H3,(H2,20,21,22). The molecule has 0 fully saturated rings. The van der Waals surface area contributed by atoms with E-state index in [1.807, 2.05) is 13.8 Å². The smallest absolute Gasteiger partial charge is 0.191 e. The number of guanidine groups is 1. The lowest BCUT2D eigenvalue weighted by molar-refractivity contribution is 0.310. The van der Waals surface area contributed by atoms with Crippen LogP contribution in [0.3, 0.4) is 0 Å². The van der Waals surface area contributed by atoms with Gasteiger partial charge in [-0.05, 0) is 51.5 Å². The summed E-state index contributed by atoms with van der Waals surface area (Å²) in [6.07, 6.45) is 0.817. The van der Waals surface area contributed by atoms with Gasteiger partial charge in [-0.2, -0.15) is 0 Å². The highest BCUT2D eigenvalue weighted by Gasteiger charge is 2.04. The minimum absolute atomic E-state index is 0.258. The summed E-state index contributed by atoms with van der Waals surface area (Å²) in [4.78, 5) is 10.3. The van der Waals surface area contributed by atoms with Gasteiger partial charge in [0.05, 0.1) is 18.8 Å². The van der Waals surface area contributed by atoms with E-state index in [1.165, 1.54) is 17.0 Å². The number of thiazole rings is 1. The van der Waals surface area contributed by atoms with Crippen LogP contribution in [0, 0.1) is 19.7 Å². The van der Waals surface area contributed by atoms with E-state index in [2.05, 4.69) is 27.5 Å². The molecule has 0 saturated heterocycles. The molecular weight excluding hydrogens is 339 g/mol. The van der Waals surface area contributed by atoms with Gasteiger partial charge in [-0.25, -0.2) is 14.4 Å². The third-order valence-corrected chi connectivity index (χ3v) is 4.54. The normalized spacial score (nSPS) is 11.4. The number of aryl methyl sites for hydroxylation is 2. The van der Waals surface area contributed by atoms with Crippen LogP contribution in [0.4, 0.5) is 4.39 Å². The average Bonchev–Trinajstić information content (AvgIpc) is 2.92. The summed E-state index contributed by atoms with van der Waals surface area (Å²) in [5.41, 5.74) is 1.08. The first-order chi connectivity index (χ1) is 12.1. The molecule has 0 aliphatic heterocycles. The minimum atomic E-state index is -0.258. The van der Waals surface area contributed by atoms with Gasteiger partial charge in [-0.15, -0.1) is 11.3 Å². The van der Waals surface area contributed by atoms with E-state index in [9.17, 15) is 4.39 Å². The number of benzene rings is 1. The van der Waals surface area contributed by atoms with Gasteiger partial charge in [0, 0.05) is 18.0 Å². The van der Waals surface area contributed by atoms with Crippen molar-refractivity contribution in [3.63, 3.8) is 0 Å². The van der Waals surface area contributed by atoms with Crippen LogP contribution in [0.2, 0.25) is 0 Å². The number of ether oxygens (including phenoxy) is 1. The van der Waals surface area contributed by atoms with E-state index in [-0.39, 0.29) is 5.82 Å². The van der Waals surface area contributed by atoms with Crippen LogP contribution < -0.4 is 15.4 Å². The highest BCUT2D eigenvalue weighted by molar-refractivity contribution is 7.11. The number of rotatable bonds is 8. The van der Waals surface area contributed by atoms with Crippen molar-refractivity contribution in [1.82, 2.24) is 15.6 Å². The van der Waals surface area contributed by atoms with E-state index in [0.29, 0.717) is 18.9 Å². The molecule has 0 amide bonds. The fourth-order valence-corrected chi connectivity index (χ4v) is 2.95. The molecule has 0 aliphatic carbocycles.